The molecule has 112 valence electrons. The Morgan fingerprint density at radius 3 is 2.90 bits per heavy atom. The second-order valence-corrected chi connectivity index (χ2v) is 6.12. The Bertz CT molecular complexity index is 443. The lowest BCUT2D eigenvalue weighted by Gasteiger charge is -2.12. The maximum atomic E-state index is 5.82. The van der Waals surface area contributed by atoms with E-state index in [0.717, 1.165) is 36.9 Å². The van der Waals surface area contributed by atoms with Crippen molar-refractivity contribution in [1.82, 2.24) is 5.32 Å². The highest BCUT2D eigenvalue weighted by Gasteiger charge is 2.21. The van der Waals surface area contributed by atoms with E-state index in [9.17, 15) is 0 Å². The van der Waals surface area contributed by atoms with Crippen molar-refractivity contribution in [2.24, 2.45) is 5.92 Å². The minimum absolute atomic E-state index is 0.281. The molecular weight excluding hydrogens is 250 g/mol. The molecule has 1 N–H and O–H groups in total. The summed E-state index contributed by atoms with van der Waals surface area (Å²) in [4.78, 5) is 0. The number of hydrogen-bond donors (Lipinski definition) is 1. The van der Waals surface area contributed by atoms with Gasteiger partial charge >= 0.3 is 0 Å². The zero-order chi connectivity index (χ0) is 14.5. The molecule has 1 heterocycles. The fourth-order valence-corrected chi connectivity index (χ4v) is 2.67. The molecule has 0 radical (unpaired) electrons. The summed E-state index contributed by atoms with van der Waals surface area (Å²) >= 11 is 0. The van der Waals surface area contributed by atoms with Gasteiger partial charge in [-0.05, 0) is 44.4 Å². The van der Waals surface area contributed by atoms with E-state index < -0.39 is 0 Å². The van der Waals surface area contributed by atoms with Crippen molar-refractivity contribution < 1.29 is 9.47 Å². The SMILES string of the molecule is COc1cc2c(cc1CNCCCC(C)C)OC(C)C2. The number of ether oxygens (including phenoxy) is 2. The van der Waals surface area contributed by atoms with Gasteiger partial charge in [0.25, 0.3) is 0 Å². The molecule has 1 unspecified atom stereocenters. The molecule has 0 aromatic heterocycles. The second-order valence-electron chi connectivity index (χ2n) is 6.12. The molecule has 0 fully saturated rings. The Balaban J connectivity index is 1.92. The van der Waals surface area contributed by atoms with Crippen LogP contribution in [0.25, 0.3) is 0 Å². The highest BCUT2D eigenvalue weighted by atomic mass is 16.5. The van der Waals surface area contributed by atoms with Crippen molar-refractivity contribution >= 4 is 0 Å². The normalized spacial score (nSPS) is 17.1. The molecule has 0 amide bonds. The van der Waals surface area contributed by atoms with Gasteiger partial charge in [0.05, 0.1) is 7.11 Å². The smallest absolute Gasteiger partial charge is 0.123 e. The molecule has 0 saturated carbocycles. The van der Waals surface area contributed by atoms with E-state index >= 15 is 0 Å². The van der Waals surface area contributed by atoms with Gasteiger partial charge in [0.2, 0.25) is 0 Å². The molecule has 2 rings (SSSR count). The monoisotopic (exact) mass is 277 g/mol. The first-order chi connectivity index (χ1) is 9.60. The van der Waals surface area contributed by atoms with E-state index in [2.05, 4.69) is 38.2 Å². The van der Waals surface area contributed by atoms with Crippen molar-refractivity contribution in [3.63, 3.8) is 0 Å². The van der Waals surface area contributed by atoms with Gasteiger partial charge in [-0.3, -0.25) is 0 Å². The summed E-state index contributed by atoms with van der Waals surface area (Å²) in [7, 11) is 1.74. The van der Waals surface area contributed by atoms with Crippen LogP contribution in [-0.4, -0.2) is 19.8 Å². The topological polar surface area (TPSA) is 30.5 Å². The van der Waals surface area contributed by atoms with Crippen LogP contribution < -0.4 is 14.8 Å². The van der Waals surface area contributed by atoms with Crippen molar-refractivity contribution in [2.75, 3.05) is 13.7 Å². The van der Waals surface area contributed by atoms with E-state index in [4.69, 9.17) is 9.47 Å². The predicted octanol–water partition coefficient (Wildman–Crippen LogP) is 3.54. The quantitative estimate of drug-likeness (QED) is 0.773. The fraction of sp³-hybridized carbons (Fsp3) is 0.647. The molecule has 1 aliphatic rings. The lowest BCUT2D eigenvalue weighted by molar-refractivity contribution is 0.254. The van der Waals surface area contributed by atoms with E-state index in [1.54, 1.807) is 7.11 Å². The van der Waals surface area contributed by atoms with E-state index in [0.29, 0.717) is 0 Å². The number of hydrogen-bond acceptors (Lipinski definition) is 3. The minimum atomic E-state index is 0.281. The maximum absolute atomic E-state index is 5.82. The third kappa shape index (κ3) is 3.89. The molecule has 1 aromatic carbocycles. The van der Waals surface area contributed by atoms with Gasteiger partial charge in [-0.2, -0.15) is 0 Å². The molecular formula is C17H27NO2. The number of methoxy groups -OCH3 is 1. The Morgan fingerprint density at radius 2 is 2.20 bits per heavy atom. The number of rotatable bonds is 7. The summed E-state index contributed by atoms with van der Waals surface area (Å²) in [5, 5.41) is 3.50. The van der Waals surface area contributed by atoms with Crippen molar-refractivity contribution in [1.29, 1.82) is 0 Å². The highest BCUT2D eigenvalue weighted by molar-refractivity contribution is 5.48. The van der Waals surface area contributed by atoms with Crippen LogP contribution in [0.5, 0.6) is 11.5 Å². The molecule has 3 nitrogen and oxygen atoms in total. The van der Waals surface area contributed by atoms with Crippen molar-refractivity contribution in [3.05, 3.63) is 23.3 Å². The number of fused-ring (bicyclic) bond motifs is 1. The van der Waals surface area contributed by atoms with Crippen LogP contribution in [-0.2, 0) is 13.0 Å². The molecule has 1 aliphatic heterocycles. The van der Waals surface area contributed by atoms with Gasteiger partial charge in [-0.25, -0.2) is 0 Å². The standard InChI is InChI=1S/C17H27NO2/c1-12(2)6-5-7-18-11-15-10-17-14(8-13(3)20-17)9-16(15)19-4/h9-10,12-13,18H,5-8,11H2,1-4H3. The summed E-state index contributed by atoms with van der Waals surface area (Å²) in [6.45, 7) is 8.53. The maximum Gasteiger partial charge on any atom is 0.123 e. The lowest BCUT2D eigenvalue weighted by atomic mass is 10.1. The van der Waals surface area contributed by atoms with E-state index in [1.165, 1.54) is 24.0 Å². The van der Waals surface area contributed by atoms with Crippen LogP contribution >= 0.6 is 0 Å². The Hall–Kier alpha value is -1.22. The van der Waals surface area contributed by atoms with Crippen LogP contribution in [0.2, 0.25) is 0 Å². The molecule has 0 spiro atoms. The van der Waals surface area contributed by atoms with Gasteiger partial charge in [0, 0.05) is 24.1 Å². The molecule has 20 heavy (non-hydrogen) atoms. The first-order valence-electron chi connectivity index (χ1n) is 7.67. The van der Waals surface area contributed by atoms with Crippen molar-refractivity contribution in [2.45, 2.75) is 52.7 Å². The van der Waals surface area contributed by atoms with Crippen LogP contribution in [0.3, 0.4) is 0 Å². The fourth-order valence-electron chi connectivity index (χ4n) is 2.67. The second kappa shape index (κ2) is 6.98. The Labute approximate surface area is 122 Å². The van der Waals surface area contributed by atoms with Gasteiger partial charge in [0.1, 0.15) is 17.6 Å². The Morgan fingerprint density at radius 1 is 1.40 bits per heavy atom. The first-order valence-corrected chi connectivity index (χ1v) is 7.67. The molecule has 1 atom stereocenters. The largest absolute Gasteiger partial charge is 0.496 e. The van der Waals surface area contributed by atoms with E-state index in [1.807, 2.05) is 0 Å². The highest BCUT2D eigenvalue weighted by Crippen LogP contribution is 2.34. The van der Waals surface area contributed by atoms with Gasteiger partial charge in [-0.1, -0.05) is 13.8 Å². The predicted molar refractivity (Wildman–Crippen MR) is 82.6 cm³/mol. The summed E-state index contributed by atoms with van der Waals surface area (Å²) < 4.78 is 11.3. The lowest BCUT2D eigenvalue weighted by Crippen LogP contribution is -2.16. The molecule has 0 bridgehead atoms. The van der Waals surface area contributed by atoms with Crippen LogP contribution in [0.15, 0.2) is 12.1 Å². The average molecular weight is 277 g/mol. The third-order valence-corrected chi connectivity index (χ3v) is 3.75. The molecule has 0 saturated heterocycles. The van der Waals surface area contributed by atoms with Gasteiger partial charge in [0.15, 0.2) is 0 Å². The first kappa shape index (κ1) is 15.2. The number of benzene rings is 1. The van der Waals surface area contributed by atoms with Crippen LogP contribution in [0, 0.1) is 5.92 Å². The Kier molecular flexibility index (Phi) is 5.30. The zero-order valence-electron chi connectivity index (χ0n) is 13.2. The molecule has 3 heteroatoms. The zero-order valence-corrected chi connectivity index (χ0v) is 13.2. The number of nitrogens with one attached hydrogen (secondary N) is 1. The van der Waals surface area contributed by atoms with Crippen molar-refractivity contribution in [3.8, 4) is 11.5 Å². The van der Waals surface area contributed by atoms with Crippen LogP contribution in [0.1, 0.15) is 44.7 Å². The molecule has 0 aliphatic carbocycles. The summed E-state index contributed by atoms with van der Waals surface area (Å²) in [5.41, 5.74) is 2.45. The van der Waals surface area contributed by atoms with Gasteiger partial charge < -0.3 is 14.8 Å². The van der Waals surface area contributed by atoms with Gasteiger partial charge in [-0.15, -0.1) is 0 Å². The minimum Gasteiger partial charge on any atom is -0.496 e. The summed E-state index contributed by atoms with van der Waals surface area (Å²) in [6, 6.07) is 4.26. The van der Waals surface area contributed by atoms with Crippen LogP contribution in [0.4, 0.5) is 0 Å². The average Bonchev–Trinajstić information content (AvgIpc) is 2.76. The summed E-state index contributed by atoms with van der Waals surface area (Å²) in [5.74, 6) is 2.77. The molecule has 1 aromatic rings. The third-order valence-electron chi connectivity index (χ3n) is 3.75. The van der Waals surface area contributed by atoms with E-state index in [-0.39, 0.29) is 6.10 Å². The summed E-state index contributed by atoms with van der Waals surface area (Å²) in [6.07, 6.45) is 3.75.